The van der Waals surface area contributed by atoms with Crippen molar-refractivity contribution in [2.24, 2.45) is 0 Å². The topological polar surface area (TPSA) is 33.5 Å². The Morgan fingerprint density at radius 1 is 0.556 bits per heavy atom. The van der Waals surface area contributed by atoms with E-state index in [4.69, 9.17) is 9.72 Å². The van der Waals surface area contributed by atoms with Crippen molar-refractivity contribution in [3.05, 3.63) is 200 Å². The minimum Gasteiger partial charge on any atom is -0.509 e. The van der Waals surface area contributed by atoms with Crippen LogP contribution in [0.4, 0.5) is 22.7 Å². The van der Waals surface area contributed by atoms with Crippen LogP contribution < -0.4 is 14.5 Å². The molecule has 0 N–H and O–H groups in total. The molecule has 12 rings (SSSR count). The van der Waals surface area contributed by atoms with Crippen molar-refractivity contribution in [3.8, 4) is 17.3 Å². The summed E-state index contributed by atoms with van der Waals surface area (Å²) in [5.74, 6) is 2.08. The van der Waals surface area contributed by atoms with Crippen LogP contribution in [0.1, 0.15) is 31.9 Å². The Morgan fingerprint density at radius 2 is 1.19 bits per heavy atom. The smallest absolute Gasteiger partial charge is 0.144 e. The Morgan fingerprint density at radius 3 is 1.94 bits per heavy atom. The summed E-state index contributed by atoms with van der Waals surface area (Å²) in [4.78, 5) is 10.00. The summed E-state index contributed by atoms with van der Waals surface area (Å²) in [5.41, 5.74) is 9.30. The van der Waals surface area contributed by atoms with Gasteiger partial charge in [0, 0.05) is 71.3 Å². The standard InChI is InChI=1S/C57H41N4O.Pt/c1-36-21-25-40(26-22-36)59-35-60(52-20-12-11-19-51(52)59)41-31-39(57(2,3)4)32-43(33-41)62-42-27-29-47-46-17-9-10-18-50(46)61(53(47)34-42)56-48-28-23-37-13-5-7-15-44(37)54(48)55-45-16-8-6-14-38(45)24-30-49(55)58-56;/h5-32,35H,1-4H3;/q-3;. The van der Waals surface area contributed by atoms with E-state index in [-0.39, 0.29) is 26.5 Å². The van der Waals surface area contributed by atoms with Gasteiger partial charge in [-0.1, -0.05) is 135 Å². The van der Waals surface area contributed by atoms with Crippen molar-refractivity contribution in [1.29, 1.82) is 0 Å². The third kappa shape index (κ3) is 6.36. The van der Waals surface area contributed by atoms with E-state index in [0.717, 1.165) is 72.2 Å². The minimum atomic E-state index is -0.157. The predicted molar refractivity (Wildman–Crippen MR) is 258 cm³/mol. The maximum atomic E-state index is 6.89. The van der Waals surface area contributed by atoms with Gasteiger partial charge in [-0.25, -0.2) is 4.98 Å². The van der Waals surface area contributed by atoms with E-state index in [1.54, 1.807) is 0 Å². The summed E-state index contributed by atoms with van der Waals surface area (Å²) in [6.07, 6.45) is 0. The third-order valence-electron chi connectivity index (χ3n) is 12.4. The van der Waals surface area contributed by atoms with E-state index in [1.807, 2.05) is 6.07 Å². The fourth-order valence-corrected chi connectivity index (χ4v) is 9.32. The second kappa shape index (κ2) is 14.9. The van der Waals surface area contributed by atoms with E-state index < -0.39 is 0 Å². The Kier molecular flexibility index (Phi) is 9.19. The molecule has 11 aromatic rings. The third-order valence-corrected chi connectivity index (χ3v) is 12.4. The molecule has 308 valence electrons. The molecule has 3 heterocycles. The number of para-hydroxylation sites is 3. The molecule has 1 aliphatic heterocycles. The molecule has 0 saturated heterocycles. The Balaban J connectivity index is 0.00000444. The average molecular weight is 993 g/mol. The summed E-state index contributed by atoms with van der Waals surface area (Å²) in [7, 11) is 0. The summed E-state index contributed by atoms with van der Waals surface area (Å²) in [6.45, 7) is 11.0. The molecule has 6 heteroatoms. The quantitative estimate of drug-likeness (QED) is 0.127. The van der Waals surface area contributed by atoms with Gasteiger partial charge in [0.1, 0.15) is 5.82 Å². The van der Waals surface area contributed by atoms with Gasteiger partial charge in [-0.05, 0) is 81.7 Å². The van der Waals surface area contributed by atoms with Gasteiger partial charge in [0.2, 0.25) is 0 Å². The van der Waals surface area contributed by atoms with Crippen molar-refractivity contribution in [2.45, 2.75) is 33.1 Å². The summed E-state index contributed by atoms with van der Waals surface area (Å²) >= 11 is 0. The molecule has 2 aromatic heterocycles. The Bertz CT molecular complexity index is 3600. The monoisotopic (exact) mass is 992 g/mol. The van der Waals surface area contributed by atoms with Crippen LogP contribution in [0.3, 0.4) is 0 Å². The van der Waals surface area contributed by atoms with Crippen LogP contribution in [0, 0.1) is 25.7 Å². The van der Waals surface area contributed by atoms with Gasteiger partial charge in [-0.15, -0.1) is 53.6 Å². The Hall–Kier alpha value is -6.94. The first-order chi connectivity index (χ1) is 30.3. The summed E-state index contributed by atoms with van der Waals surface area (Å²) in [5, 5.41) is 10.4. The zero-order valence-electron chi connectivity index (χ0n) is 35.3. The van der Waals surface area contributed by atoms with Crippen molar-refractivity contribution in [1.82, 2.24) is 9.55 Å². The molecule has 5 nitrogen and oxygen atoms in total. The largest absolute Gasteiger partial charge is 0.509 e. The van der Waals surface area contributed by atoms with Gasteiger partial charge in [-0.2, -0.15) is 6.07 Å². The van der Waals surface area contributed by atoms with Crippen molar-refractivity contribution in [3.63, 3.8) is 0 Å². The number of hydrogen-bond donors (Lipinski definition) is 0. The van der Waals surface area contributed by atoms with Crippen molar-refractivity contribution in [2.75, 3.05) is 9.80 Å². The second-order valence-corrected chi connectivity index (χ2v) is 17.4. The number of rotatable bonds is 5. The van der Waals surface area contributed by atoms with Crippen LogP contribution in [0.2, 0.25) is 0 Å². The summed E-state index contributed by atoms with van der Waals surface area (Å²) in [6, 6.07) is 67.8. The molecular formula is C57H41N4OPt-3. The summed E-state index contributed by atoms with van der Waals surface area (Å²) < 4.78 is 9.16. The predicted octanol–water partition coefficient (Wildman–Crippen LogP) is 15.2. The fourth-order valence-electron chi connectivity index (χ4n) is 9.32. The molecule has 1 aliphatic rings. The van der Waals surface area contributed by atoms with Gasteiger partial charge in [0.25, 0.3) is 0 Å². The van der Waals surface area contributed by atoms with Crippen LogP contribution in [-0.4, -0.2) is 9.55 Å². The van der Waals surface area contributed by atoms with Crippen LogP contribution in [-0.2, 0) is 26.5 Å². The zero-order valence-corrected chi connectivity index (χ0v) is 37.5. The molecule has 63 heavy (non-hydrogen) atoms. The van der Waals surface area contributed by atoms with Crippen LogP contribution in [0.15, 0.2) is 170 Å². The van der Waals surface area contributed by atoms with Crippen LogP contribution in [0.25, 0.3) is 70.8 Å². The Labute approximate surface area is 381 Å². The molecule has 0 atom stereocenters. The van der Waals surface area contributed by atoms with Crippen molar-refractivity contribution < 1.29 is 25.8 Å². The SMILES string of the molecule is Cc1ccc(N2[CH-]N(c3[c-]c(Oc4[c-]c5c(cc4)c4ccccc4n5-c4nc5ccc6ccccc6c5c5c4ccc4ccccc45)cc(C(C)(C)C)c3)c3ccccc32)cc1.[Pt]. The molecule has 0 saturated carbocycles. The van der Waals surface area contributed by atoms with Gasteiger partial charge in [0.15, 0.2) is 0 Å². The molecule has 0 radical (unpaired) electrons. The first-order valence-electron chi connectivity index (χ1n) is 21.2. The molecule has 0 fully saturated rings. The van der Waals surface area contributed by atoms with Crippen LogP contribution in [0.5, 0.6) is 11.5 Å². The molecule has 0 amide bonds. The maximum Gasteiger partial charge on any atom is 0.144 e. The second-order valence-electron chi connectivity index (χ2n) is 17.4. The van der Waals surface area contributed by atoms with E-state index in [1.165, 1.54) is 32.5 Å². The van der Waals surface area contributed by atoms with Gasteiger partial charge >= 0.3 is 0 Å². The first-order valence-corrected chi connectivity index (χ1v) is 21.2. The van der Waals surface area contributed by atoms with E-state index in [9.17, 15) is 0 Å². The molecule has 9 aromatic carbocycles. The average Bonchev–Trinajstić information content (AvgIpc) is 3.84. The number of aromatic nitrogens is 2. The molecule has 0 spiro atoms. The number of anilines is 4. The zero-order chi connectivity index (χ0) is 41.7. The molecule has 0 bridgehead atoms. The van der Waals surface area contributed by atoms with Crippen molar-refractivity contribution >= 4 is 87.8 Å². The number of fused-ring (bicyclic) bond motifs is 11. The number of nitrogens with zero attached hydrogens (tertiary/aromatic N) is 4. The van der Waals surface area contributed by atoms with Gasteiger partial charge in [0.05, 0.1) is 5.52 Å². The first kappa shape index (κ1) is 38.9. The van der Waals surface area contributed by atoms with Gasteiger partial charge < -0.3 is 19.1 Å². The molecule has 0 unspecified atom stereocenters. The van der Waals surface area contributed by atoms with E-state index in [2.05, 4.69) is 225 Å². The number of aryl methyl sites for hydroxylation is 1. The molecular weight excluding hydrogens is 952 g/mol. The number of hydrogen-bond acceptors (Lipinski definition) is 4. The van der Waals surface area contributed by atoms with E-state index >= 15 is 0 Å². The fraction of sp³-hybridized carbons (Fsp3) is 0.0877. The number of ether oxygens (including phenoxy) is 1. The van der Waals surface area contributed by atoms with E-state index in [0.29, 0.717) is 11.5 Å². The normalized spacial score (nSPS) is 12.8. The minimum absolute atomic E-state index is 0. The molecule has 0 aliphatic carbocycles. The van der Waals surface area contributed by atoms with Crippen LogP contribution >= 0.6 is 0 Å². The maximum absolute atomic E-state index is 6.89. The number of pyridine rings is 1. The van der Waals surface area contributed by atoms with Gasteiger partial charge in [-0.3, -0.25) is 0 Å². The number of benzene rings is 9.